The fourth-order valence-electron chi connectivity index (χ4n) is 5.69. The SMILES string of the molecule is CSc1c(Oc2ccc(F)c(-c3nc(C4(C)CCOc5c(CCC(=O)O)cccc54)cn3C)c2)c(F)c(F)c2[nH]ccc12. The summed E-state index contributed by atoms with van der Waals surface area (Å²) in [6.45, 7) is 2.44. The van der Waals surface area contributed by atoms with Gasteiger partial charge in [-0.1, -0.05) is 18.2 Å². The van der Waals surface area contributed by atoms with Crippen molar-refractivity contribution in [3.63, 3.8) is 0 Å². The van der Waals surface area contributed by atoms with E-state index in [4.69, 9.17) is 14.5 Å². The third-order valence-corrected chi connectivity index (χ3v) is 8.82. The van der Waals surface area contributed by atoms with E-state index in [1.165, 1.54) is 36.2 Å². The van der Waals surface area contributed by atoms with Crippen LogP contribution in [0.3, 0.4) is 0 Å². The van der Waals surface area contributed by atoms with Crippen molar-refractivity contribution in [2.75, 3.05) is 12.9 Å². The van der Waals surface area contributed by atoms with Gasteiger partial charge in [-0.15, -0.1) is 11.8 Å². The Hall–Kier alpha value is -4.38. The molecule has 7 nitrogen and oxygen atoms in total. The topological polar surface area (TPSA) is 89.4 Å². The highest BCUT2D eigenvalue weighted by Gasteiger charge is 2.38. The monoisotopic (exact) mass is 607 g/mol. The average molecular weight is 608 g/mol. The Kier molecular flexibility index (Phi) is 7.37. The lowest BCUT2D eigenvalue weighted by Crippen LogP contribution is -2.32. The number of aromatic nitrogens is 3. The number of nitrogens with zero attached hydrogens (tertiary/aromatic N) is 2. The van der Waals surface area contributed by atoms with Gasteiger partial charge in [0.05, 0.1) is 28.3 Å². The van der Waals surface area contributed by atoms with Gasteiger partial charge in [0.1, 0.15) is 23.1 Å². The van der Waals surface area contributed by atoms with Crippen LogP contribution in [0.5, 0.6) is 17.2 Å². The average Bonchev–Trinajstić information content (AvgIpc) is 3.63. The first-order valence-corrected chi connectivity index (χ1v) is 14.9. The summed E-state index contributed by atoms with van der Waals surface area (Å²) in [4.78, 5) is 19.2. The second-order valence-electron chi connectivity index (χ2n) is 10.7. The van der Waals surface area contributed by atoms with E-state index in [9.17, 15) is 14.3 Å². The van der Waals surface area contributed by atoms with Gasteiger partial charge in [-0.3, -0.25) is 4.79 Å². The van der Waals surface area contributed by atoms with Crippen molar-refractivity contribution in [1.82, 2.24) is 14.5 Å². The van der Waals surface area contributed by atoms with Crippen molar-refractivity contribution in [2.45, 2.75) is 36.5 Å². The number of carbonyl (C=O) groups is 1. The van der Waals surface area contributed by atoms with E-state index in [-0.39, 0.29) is 29.0 Å². The molecule has 0 aliphatic carbocycles. The number of thioether (sulfide) groups is 1. The van der Waals surface area contributed by atoms with Crippen LogP contribution in [0.15, 0.2) is 59.8 Å². The smallest absolute Gasteiger partial charge is 0.303 e. The third kappa shape index (κ3) is 4.91. The molecule has 1 aliphatic heterocycles. The number of aryl methyl sites for hydroxylation is 2. The summed E-state index contributed by atoms with van der Waals surface area (Å²) in [5.74, 6) is -2.81. The number of benzene rings is 3. The number of rotatable bonds is 8. The lowest BCUT2D eigenvalue weighted by molar-refractivity contribution is -0.136. The molecule has 0 saturated carbocycles. The fraction of sp³-hybridized carbons (Fsp3) is 0.250. The van der Waals surface area contributed by atoms with Crippen LogP contribution in [0.4, 0.5) is 13.2 Å². The van der Waals surface area contributed by atoms with Gasteiger partial charge in [0, 0.05) is 42.2 Å². The second kappa shape index (κ2) is 11.0. The van der Waals surface area contributed by atoms with Gasteiger partial charge in [-0.05, 0) is 55.9 Å². The maximum atomic E-state index is 15.3. The molecule has 6 rings (SSSR count). The molecule has 0 bridgehead atoms. The zero-order valence-electron chi connectivity index (χ0n) is 23.6. The summed E-state index contributed by atoms with van der Waals surface area (Å²) < 4.78 is 58.8. The van der Waals surface area contributed by atoms with E-state index in [1.807, 2.05) is 31.3 Å². The number of para-hydroxylation sites is 1. The number of hydrogen-bond acceptors (Lipinski definition) is 5. The van der Waals surface area contributed by atoms with E-state index in [0.29, 0.717) is 47.0 Å². The Labute approximate surface area is 249 Å². The Balaban J connectivity index is 1.38. The van der Waals surface area contributed by atoms with Crippen LogP contribution >= 0.6 is 11.8 Å². The predicted molar refractivity (Wildman–Crippen MR) is 158 cm³/mol. The number of hydrogen-bond donors (Lipinski definition) is 2. The number of imidazole rings is 1. The van der Waals surface area contributed by atoms with Crippen molar-refractivity contribution in [1.29, 1.82) is 0 Å². The van der Waals surface area contributed by atoms with E-state index in [0.717, 1.165) is 11.1 Å². The molecule has 43 heavy (non-hydrogen) atoms. The highest BCUT2D eigenvalue weighted by Crippen LogP contribution is 2.46. The van der Waals surface area contributed by atoms with Crippen LogP contribution in [-0.4, -0.2) is 38.5 Å². The number of fused-ring (bicyclic) bond motifs is 2. The minimum absolute atomic E-state index is 0.0179. The predicted octanol–water partition coefficient (Wildman–Crippen LogP) is 7.61. The first-order valence-electron chi connectivity index (χ1n) is 13.6. The summed E-state index contributed by atoms with van der Waals surface area (Å²) in [7, 11) is 1.76. The number of nitrogens with one attached hydrogen (secondary N) is 1. The Bertz CT molecular complexity index is 1890. The van der Waals surface area contributed by atoms with Gasteiger partial charge in [-0.25, -0.2) is 13.8 Å². The molecule has 2 aromatic heterocycles. The number of aromatic amines is 1. The molecule has 222 valence electrons. The quantitative estimate of drug-likeness (QED) is 0.177. The molecule has 2 N–H and O–H groups in total. The maximum Gasteiger partial charge on any atom is 0.303 e. The number of carboxylic acid groups (broad SMARTS) is 1. The summed E-state index contributed by atoms with van der Waals surface area (Å²) in [5.41, 5.74) is 1.97. The van der Waals surface area contributed by atoms with Crippen LogP contribution in [0, 0.1) is 17.5 Å². The van der Waals surface area contributed by atoms with Crippen LogP contribution in [0.25, 0.3) is 22.3 Å². The van der Waals surface area contributed by atoms with Crippen LogP contribution in [0.1, 0.15) is 36.6 Å². The Morgan fingerprint density at radius 2 is 2.02 bits per heavy atom. The second-order valence-corrected chi connectivity index (χ2v) is 11.5. The zero-order valence-corrected chi connectivity index (χ0v) is 24.4. The summed E-state index contributed by atoms with van der Waals surface area (Å²) in [6.07, 6.45) is 6.02. The van der Waals surface area contributed by atoms with Gasteiger partial charge in [0.25, 0.3) is 0 Å². The number of carboxylic acids is 1. The van der Waals surface area contributed by atoms with Crippen molar-refractivity contribution in [3.8, 4) is 28.6 Å². The van der Waals surface area contributed by atoms with Gasteiger partial charge in [0.2, 0.25) is 5.82 Å². The minimum Gasteiger partial charge on any atom is -0.493 e. The molecule has 0 radical (unpaired) electrons. The van der Waals surface area contributed by atoms with E-state index in [1.54, 1.807) is 23.9 Å². The number of halogens is 3. The standard InChI is InChI=1S/C32H28F3N3O4S/c1-32(12-14-41-28-17(7-10-24(39)40)5-4-6-21(28)32)23-16-38(2)31(37-23)20-15-18(8-9-22(20)33)42-29-26(35)25(34)27-19(11-13-36-27)30(29)43-3/h4-6,8-9,11,13,15-16,36H,7,10,12,14H2,1-3H3,(H,39,40). The molecule has 1 atom stereocenters. The largest absolute Gasteiger partial charge is 0.493 e. The molecule has 0 saturated heterocycles. The molecule has 1 unspecified atom stereocenters. The summed E-state index contributed by atoms with van der Waals surface area (Å²) in [5, 5.41) is 9.66. The fourth-order valence-corrected chi connectivity index (χ4v) is 6.40. The Morgan fingerprint density at radius 3 is 2.79 bits per heavy atom. The molecule has 1 aliphatic rings. The van der Waals surface area contributed by atoms with Crippen LogP contribution in [-0.2, 0) is 23.7 Å². The van der Waals surface area contributed by atoms with Gasteiger partial charge < -0.3 is 24.1 Å². The molecule has 11 heteroatoms. The molecule has 3 aromatic carbocycles. The number of ether oxygens (including phenoxy) is 2. The van der Waals surface area contributed by atoms with Crippen molar-refractivity contribution in [2.24, 2.45) is 7.05 Å². The maximum absolute atomic E-state index is 15.3. The van der Waals surface area contributed by atoms with Gasteiger partial charge in [-0.2, -0.15) is 4.39 Å². The van der Waals surface area contributed by atoms with Crippen molar-refractivity contribution < 1.29 is 32.5 Å². The Morgan fingerprint density at radius 1 is 1.21 bits per heavy atom. The van der Waals surface area contributed by atoms with Gasteiger partial charge >= 0.3 is 5.97 Å². The lowest BCUT2D eigenvalue weighted by Gasteiger charge is -2.35. The number of H-pyrrole nitrogens is 1. The number of aliphatic carboxylic acids is 1. The lowest BCUT2D eigenvalue weighted by atomic mass is 9.74. The van der Waals surface area contributed by atoms with Crippen LogP contribution in [0.2, 0.25) is 0 Å². The molecular weight excluding hydrogens is 579 g/mol. The first kappa shape index (κ1) is 28.7. The van der Waals surface area contributed by atoms with Crippen molar-refractivity contribution >= 4 is 28.6 Å². The highest BCUT2D eigenvalue weighted by atomic mass is 32.2. The van der Waals surface area contributed by atoms with Crippen molar-refractivity contribution in [3.05, 3.63) is 89.1 Å². The first-order chi connectivity index (χ1) is 20.6. The van der Waals surface area contributed by atoms with E-state index >= 15 is 8.78 Å². The van der Waals surface area contributed by atoms with Crippen LogP contribution < -0.4 is 9.47 Å². The highest BCUT2D eigenvalue weighted by molar-refractivity contribution is 7.99. The molecule has 5 aromatic rings. The molecule has 0 spiro atoms. The zero-order chi connectivity index (χ0) is 30.5. The minimum atomic E-state index is -1.14. The van der Waals surface area contributed by atoms with Gasteiger partial charge in [0.15, 0.2) is 11.6 Å². The summed E-state index contributed by atoms with van der Waals surface area (Å²) >= 11 is 1.21. The molecule has 3 heterocycles. The molecule has 0 fully saturated rings. The third-order valence-electron chi connectivity index (χ3n) is 8.00. The van der Waals surface area contributed by atoms with E-state index in [2.05, 4.69) is 4.98 Å². The normalized spacial score (nSPS) is 16.2. The molecular formula is C32H28F3N3O4S. The molecule has 0 amide bonds. The summed E-state index contributed by atoms with van der Waals surface area (Å²) in [6, 6.07) is 11.3. The van der Waals surface area contributed by atoms with E-state index < -0.39 is 28.8 Å².